The fourth-order valence-electron chi connectivity index (χ4n) is 3.03. The maximum absolute atomic E-state index is 12.7. The van der Waals surface area contributed by atoms with Gasteiger partial charge >= 0.3 is 0 Å². The Labute approximate surface area is 160 Å². The molecular formula is C21H27N3OS. The number of anilines is 2. The second-order valence-electron chi connectivity index (χ2n) is 6.95. The molecule has 0 saturated carbocycles. The van der Waals surface area contributed by atoms with Crippen molar-refractivity contribution in [1.29, 1.82) is 0 Å². The zero-order valence-electron chi connectivity index (χ0n) is 15.7. The van der Waals surface area contributed by atoms with Gasteiger partial charge in [0.15, 0.2) is 0 Å². The van der Waals surface area contributed by atoms with Crippen LogP contribution in [0.2, 0.25) is 0 Å². The molecule has 0 bridgehead atoms. The Morgan fingerprint density at radius 2 is 1.65 bits per heavy atom. The minimum Gasteiger partial charge on any atom is -0.369 e. The fourth-order valence-corrected chi connectivity index (χ4v) is 3.98. The number of thioether (sulfide) groups is 1. The number of likely N-dealkylation sites (N-methyl/N-ethyl adjacent to an activating group) is 1. The van der Waals surface area contributed by atoms with Crippen LogP contribution in [0.15, 0.2) is 53.4 Å². The lowest BCUT2D eigenvalue weighted by Crippen LogP contribution is -2.44. The SMILES string of the molecule is CC(C)Sc1ccccc1C(=O)Nc1ccc(N2CCN(C)CC2)cc1. The van der Waals surface area contributed by atoms with Gasteiger partial charge in [-0.3, -0.25) is 4.79 Å². The van der Waals surface area contributed by atoms with Gasteiger partial charge in [-0.15, -0.1) is 11.8 Å². The van der Waals surface area contributed by atoms with Crippen LogP contribution in [0, 0.1) is 0 Å². The van der Waals surface area contributed by atoms with Gasteiger partial charge in [-0.1, -0.05) is 26.0 Å². The lowest BCUT2D eigenvalue weighted by atomic mass is 10.2. The van der Waals surface area contributed by atoms with Crippen LogP contribution in [0.25, 0.3) is 0 Å². The first kappa shape index (κ1) is 18.8. The molecule has 3 rings (SSSR count). The van der Waals surface area contributed by atoms with Crippen LogP contribution in [-0.2, 0) is 0 Å². The number of carbonyl (C=O) groups is 1. The zero-order chi connectivity index (χ0) is 18.5. The van der Waals surface area contributed by atoms with E-state index in [9.17, 15) is 4.79 Å². The number of benzene rings is 2. The normalized spacial score (nSPS) is 15.3. The van der Waals surface area contributed by atoms with Crippen molar-refractivity contribution in [2.75, 3.05) is 43.4 Å². The van der Waals surface area contributed by atoms with Crippen molar-refractivity contribution in [3.05, 3.63) is 54.1 Å². The van der Waals surface area contributed by atoms with Crippen molar-refractivity contribution < 1.29 is 4.79 Å². The quantitative estimate of drug-likeness (QED) is 0.802. The van der Waals surface area contributed by atoms with Crippen molar-refractivity contribution >= 4 is 29.0 Å². The van der Waals surface area contributed by atoms with Crippen molar-refractivity contribution in [3.8, 4) is 0 Å². The number of nitrogens with zero attached hydrogens (tertiary/aromatic N) is 2. The number of amides is 1. The number of hydrogen-bond acceptors (Lipinski definition) is 4. The number of rotatable bonds is 5. The Bertz CT molecular complexity index is 737. The summed E-state index contributed by atoms with van der Waals surface area (Å²) in [5.41, 5.74) is 2.78. The summed E-state index contributed by atoms with van der Waals surface area (Å²) >= 11 is 1.71. The first-order valence-electron chi connectivity index (χ1n) is 9.13. The molecule has 1 saturated heterocycles. The predicted octanol–water partition coefficient (Wildman–Crippen LogP) is 4.19. The Morgan fingerprint density at radius 3 is 2.31 bits per heavy atom. The predicted molar refractivity (Wildman–Crippen MR) is 112 cm³/mol. The second kappa shape index (κ2) is 8.60. The molecule has 2 aromatic carbocycles. The van der Waals surface area contributed by atoms with E-state index in [2.05, 4.69) is 48.1 Å². The summed E-state index contributed by atoms with van der Waals surface area (Å²) < 4.78 is 0. The van der Waals surface area contributed by atoms with Gasteiger partial charge in [0.25, 0.3) is 5.91 Å². The highest BCUT2D eigenvalue weighted by molar-refractivity contribution is 8.00. The highest BCUT2D eigenvalue weighted by Gasteiger charge is 2.15. The molecule has 26 heavy (non-hydrogen) atoms. The summed E-state index contributed by atoms with van der Waals surface area (Å²) in [7, 11) is 2.16. The summed E-state index contributed by atoms with van der Waals surface area (Å²) in [5, 5.41) is 3.47. The number of piperazine rings is 1. The number of nitrogens with one attached hydrogen (secondary N) is 1. The molecule has 1 aliphatic rings. The molecule has 1 heterocycles. The molecule has 0 unspecified atom stereocenters. The lowest BCUT2D eigenvalue weighted by Gasteiger charge is -2.34. The molecule has 0 aromatic heterocycles. The largest absolute Gasteiger partial charge is 0.369 e. The van der Waals surface area contributed by atoms with Crippen molar-refractivity contribution in [2.24, 2.45) is 0 Å². The second-order valence-corrected chi connectivity index (χ2v) is 8.57. The van der Waals surface area contributed by atoms with E-state index in [1.165, 1.54) is 5.69 Å². The first-order chi connectivity index (χ1) is 12.5. The van der Waals surface area contributed by atoms with Gasteiger partial charge in [0.2, 0.25) is 0 Å². The van der Waals surface area contributed by atoms with E-state index >= 15 is 0 Å². The maximum Gasteiger partial charge on any atom is 0.256 e. The summed E-state index contributed by atoms with van der Waals surface area (Å²) in [6.07, 6.45) is 0. The highest BCUT2D eigenvalue weighted by Crippen LogP contribution is 2.27. The van der Waals surface area contributed by atoms with Gasteiger partial charge < -0.3 is 15.1 Å². The molecule has 1 aliphatic heterocycles. The Kier molecular flexibility index (Phi) is 6.22. The van der Waals surface area contributed by atoms with Gasteiger partial charge in [-0.05, 0) is 43.4 Å². The van der Waals surface area contributed by atoms with Crippen LogP contribution in [-0.4, -0.2) is 49.3 Å². The summed E-state index contributed by atoms with van der Waals surface area (Å²) in [4.78, 5) is 18.5. The van der Waals surface area contributed by atoms with E-state index < -0.39 is 0 Å². The van der Waals surface area contributed by atoms with E-state index in [4.69, 9.17) is 0 Å². The monoisotopic (exact) mass is 369 g/mol. The number of hydrogen-bond donors (Lipinski definition) is 1. The molecule has 2 aromatic rings. The molecule has 0 aliphatic carbocycles. The standard InChI is InChI=1S/C21H27N3OS/c1-16(2)26-20-7-5-4-6-19(20)21(25)22-17-8-10-18(11-9-17)24-14-12-23(3)13-15-24/h4-11,16H,12-15H2,1-3H3,(H,22,25). The molecule has 1 fully saturated rings. The maximum atomic E-state index is 12.7. The minimum absolute atomic E-state index is 0.0545. The Hall–Kier alpha value is -1.98. The van der Waals surface area contributed by atoms with E-state index in [0.717, 1.165) is 42.3 Å². The van der Waals surface area contributed by atoms with Crippen molar-refractivity contribution in [3.63, 3.8) is 0 Å². The smallest absolute Gasteiger partial charge is 0.256 e. The van der Waals surface area contributed by atoms with Gasteiger partial charge in [0.05, 0.1) is 5.56 Å². The molecule has 0 spiro atoms. The lowest BCUT2D eigenvalue weighted by molar-refractivity contribution is 0.102. The summed E-state index contributed by atoms with van der Waals surface area (Å²) in [5.74, 6) is -0.0545. The van der Waals surface area contributed by atoms with E-state index in [1.807, 2.05) is 36.4 Å². The summed E-state index contributed by atoms with van der Waals surface area (Å²) in [6, 6.07) is 16.0. The van der Waals surface area contributed by atoms with Gasteiger partial charge in [0, 0.05) is 47.7 Å². The molecule has 0 radical (unpaired) electrons. The third-order valence-corrected chi connectivity index (χ3v) is 5.57. The molecular weight excluding hydrogens is 342 g/mol. The third kappa shape index (κ3) is 4.80. The van der Waals surface area contributed by atoms with Crippen molar-refractivity contribution in [2.45, 2.75) is 24.0 Å². The molecule has 0 atom stereocenters. The van der Waals surface area contributed by atoms with Gasteiger partial charge in [0.1, 0.15) is 0 Å². The van der Waals surface area contributed by atoms with Crippen LogP contribution >= 0.6 is 11.8 Å². The van der Waals surface area contributed by atoms with Crippen molar-refractivity contribution in [1.82, 2.24) is 4.90 Å². The minimum atomic E-state index is -0.0545. The van der Waals surface area contributed by atoms with Crippen LogP contribution in [0.1, 0.15) is 24.2 Å². The van der Waals surface area contributed by atoms with Gasteiger partial charge in [-0.2, -0.15) is 0 Å². The average Bonchev–Trinajstić information content (AvgIpc) is 2.63. The first-order valence-corrected chi connectivity index (χ1v) is 10.0. The summed E-state index contributed by atoms with van der Waals surface area (Å²) in [6.45, 7) is 8.53. The fraction of sp³-hybridized carbons (Fsp3) is 0.381. The van der Waals surface area contributed by atoms with Gasteiger partial charge in [-0.25, -0.2) is 0 Å². The molecule has 1 amide bonds. The molecule has 1 N–H and O–H groups in total. The Morgan fingerprint density at radius 1 is 1.00 bits per heavy atom. The molecule has 138 valence electrons. The van der Waals surface area contributed by atoms with E-state index in [1.54, 1.807) is 11.8 Å². The average molecular weight is 370 g/mol. The molecule has 4 nitrogen and oxygen atoms in total. The van der Waals surface area contributed by atoms with E-state index in [-0.39, 0.29) is 5.91 Å². The highest BCUT2D eigenvalue weighted by atomic mass is 32.2. The van der Waals surface area contributed by atoms with E-state index in [0.29, 0.717) is 5.25 Å². The van der Waals surface area contributed by atoms with Crippen LogP contribution in [0.4, 0.5) is 11.4 Å². The number of carbonyl (C=O) groups excluding carboxylic acids is 1. The zero-order valence-corrected chi connectivity index (χ0v) is 16.6. The third-order valence-electron chi connectivity index (χ3n) is 4.49. The topological polar surface area (TPSA) is 35.6 Å². The van der Waals surface area contributed by atoms with Crippen LogP contribution in [0.5, 0.6) is 0 Å². The van der Waals surface area contributed by atoms with Crippen LogP contribution < -0.4 is 10.2 Å². The molecule has 5 heteroatoms. The van der Waals surface area contributed by atoms with Crippen LogP contribution in [0.3, 0.4) is 0 Å². The Balaban J connectivity index is 1.67.